The third-order valence-electron chi connectivity index (χ3n) is 3.79. The first-order chi connectivity index (χ1) is 11.6. The fraction of sp³-hybridized carbons (Fsp3) is 0.0526. The van der Waals surface area contributed by atoms with Gasteiger partial charge in [-0.05, 0) is 12.1 Å². The number of nitrogens with two attached hydrogens (primary N) is 2. The summed E-state index contributed by atoms with van der Waals surface area (Å²) in [5.41, 5.74) is 14.7. The van der Waals surface area contributed by atoms with Crippen molar-refractivity contribution in [3.8, 4) is 22.6 Å². The Balaban J connectivity index is 1.86. The largest absolute Gasteiger partial charge is 0.456 e. The minimum Gasteiger partial charge on any atom is -0.456 e. The summed E-state index contributed by atoms with van der Waals surface area (Å²) in [6.07, 6.45) is 0. The number of nitrogens with one attached hydrogen (secondary N) is 1. The molecular formula is C19H18N4O. The summed E-state index contributed by atoms with van der Waals surface area (Å²) >= 11 is 0. The molecule has 0 aliphatic rings. The molecular weight excluding hydrogens is 300 g/mol. The number of benzene rings is 2. The van der Waals surface area contributed by atoms with Gasteiger partial charge >= 0.3 is 0 Å². The Morgan fingerprint density at radius 1 is 0.792 bits per heavy atom. The topological polar surface area (TPSA) is 101 Å². The molecule has 0 unspecified atom stereocenters. The zero-order chi connectivity index (χ0) is 17.1. The van der Waals surface area contributed by atoms with Gasteiger partial charge < -0.3 is 15.9 Å². The molecule has 0 amide bonds. The van der Waals surface area contributed by atoms with Gasteiger partial charge in [0.25, 0.3) is 0 Å². The number of amidine groups is 2. The van der Waals surface area contributed by atoms with Crippen LogP contribution in [0.2, 0.25) is 0 Å². The second-order valence-corrected chi connectivity index (χ2v) is 5.34. The second kappa shape index (κ2) is 6.42. The van der Waals surface area contributed by atoms with Crippen LogP contribution in [0.1, 0.15) is 11.1 Å². The van der Waals surface area contributed by atoms with E-state index in [2.05, 4.69) is 4.99 Å². The number of nitrogens with zero attached hydrogens (tertiary/aromatic N) is 1. The highest BCUT2D eigenvalue weighted by Gasteiger charge is 2.08. The molecule has 1 aromatic heterocycles. The van der Waals surface area contributed by atoms with Gasteiger partial charge in [-0.2, -0.15) is 0 Å². The summed E-state index contributed by atoms with van der Waals surface area (Å²) in [7, 11) is 1.67. The average Bonchev–Trinajstić information content (AvgIpc) is 3.11. The predicted octanol–water partition coefficient (Wildman–Crippen LogP) is 3.23. The Kier molecular flexibility index (Phi) is 4.16. The summed E-state index contributed by atoms with van der Waals surface area (Å²) in [6, 6.07) is 19.0. The molecule has 0 saturated carbocycles. The van der Waals surface area contributed by atoms with E-state index in [1.54, 1.807) is 7.05 Å². The van der Waals surface area contributed by atoms with Gasteiger partial charge in [0, 0.05) is 29.3 Å². The first-order valence-electron chi connectivity index (χ1n) is 7.46. The van der Waals surface area contributed by atoms with Gasteiger partial charge in [0.15, 0.2) is 0 Å². The first kappa shape index (κ1) is 15.6. The van der Waals surface area contributed by atoms with Gasteiger partial charge in [-0.25, -0.2) is 0 Å². The molecule has 0 spiro atoms. The van der Waals surface area contributed by atoms with Crippen LogP contribution < -0.4 is 11.5 Å². The molecule has 24 heavy (non-hydrogen) atoms. The fourth-order valence-corrected chi connectivity index (χ4v) is 2.40. The van der Waals surface area contributed by atoms with Gasteiger partial charge in [0.2, 0.25) is 0 Å². The van der Waals surface area contributed by atoms with Crippen molar-refractivity contribution in [2.24, 2.45) is 16.5 Å². The van der Waals surface area contributed by atoms with Crippen LogP contribution in [0, 0.1) is 5.41 Å². The number of nitrogen functional groups attached to an aromatic ring is 1. The lowest BCUT2D eigenvalue weighted by Crippen LogP contribution is -2.12. The monoisotopic (exact) mass is 318 g/mol. The fourth-order valence-electron chi connectivity index (χ4n) is 2.40. The van der Waals surface area contributed by atoms with E-state index in [0.717, 1.165) is 28.2 Å². The lowest BCUT2D eigenvalue weighted by atomic mass is 10.1. The minimum atomic E-state index is 0.0525. The summed E-state index contributed by atoms with van der Waals surface area (Å²) in [6.45, 7) is 0. The Morgan fingerprint density at radius 2 is 1.25 bits per heavy atom. The van der Waals surface area contributed by atoms with Crippen LogP contribution in [-0.2, 0) is 0 Å². The second-order valence-electron chi connectivity index (χ2n) is 5.34. The Morgan fingerprint density at radius 3 is 1.67 bits per heavy atom. The van der Waals surface area contributed by atoms with Crippen LogP contribution >= 0.6 is 0 Å². The maximum atomic E-state index is 7.43. The Labute approximate surface area is 140 Å². The van der Waals surface area contributed by atoms with Crippen molar-refractivity contribution in [1.82, 2.24) is 0 Å². The number of furan rings is 1. The molecule has 0 fully saturated rings. The highest BCUT2D eigenvalue weighted by Crippen LogP contribution is 2.28. The van der Waals surface area contributed by atoms with Crippen molar-refractivity contribution in [1.29, 1.82) is 5.41 Å². The molecule has 0 aliphatic heterocycles. The molecule has 0 atom stereocenters. The van der Waals surface area contributed by atoms with E-state index < -0.39 is 0 Å². The molecule has 0 bridgehead atoms. The molecule has 5 N–H and O–H groups in total. The van der Waals surface area contributed by atoms with E-state index in [9.17, 15) is 0 Å². The molecule has 5 nitrogen and oxygen atoms in total. The predicted molar refractivity (Wildman–Crippen MR) is 97.2 cm³/mol. The van der Waals surface area contributed by atoms with Crippen molar-refractivity contribution >= 4 is 11.7 Å². The first-order valence-corrected chi connectivity index (χ1v) is 7.46. The molecule has 0 aliphatic carbocycles. The quantitative estimate of drug-likeness (QED) is 0.508. The van der Waals surface area contributed by atoms with Crippen molar-refractivity contribution in [3.05, 3.63) is 71.8 Å². The van der Waals surface area contributed by atoms with Gasteiger partial charge in [-0.1, -0.05) is 48.5 Å². The van der Waals surface area contributed by atoms with Crippen LogP contribution in [0.5, 0.6) is 0 Å². The maximum absolute atomic E-state index is 7.43. The van der Waals surface area contributed by atoms with E-state index in [1.165, 1.54) is 0 Å². The van der Waals surface area contributed by atoms with Crippen molar-refractivity contribution in [3.63, 3.8) is 0 Å². The van der Waals surface area contributed by atoms with Crippen LogP contribution in [0.25, 0.3) is 22.6 Å². The summed E-state index contributed by atoms with van der Waals surface area (Å²) < 4.78 is 5.94. The molecule has 0 radical (unpaired) electrons. The molecule has 1 heterocycles. The molecule has 3 aromatic rings. The van der Waals surface area contributed by atoms with Crippen molar-refractivity contribution < 1.29 is 4.42 Å². The lowest BCUT2D eigenvalue weighted by molar-refractivity contribution is 0.597. The van der Waals surface area contributed by atoms with Gasteiger partial charge in [-0.3, -0.25) is 10.4 Å². The molecule has 0 saturated heterocycles. The average molecular weight is 318 g/mol. The molecule has 2 aromatic carbocycles. The molecule has 120 valence electrons. The van der Waals surface area contributed by atoms with E-state index in [0.29, 0.717) is 11.4 Å². The number of aliphatic imine (C=N–C) groups is 1. The standard InChI is InChI=1S/C19H18N4O/c1-23-19(22)15-8-4-13(5-9-15)17-11-10-16(24-17)12-2-6-14(7-3-12)18(20)21/h2-11H,1H3,(H3,20,21)(H2,22,23). The molecule has 5 heteroatoms. The highest BCUT2D eigenvalue weighted by atomic mass is 16.3. The normalized spacial score (nSPS) is 11.5. The van der Waals surface area contributed by atoms with E-state index >= 15 is 0 Å². The Bertz CT molecular complexity index is 890. The number of hydrogen-bond donors (Lipinski definition) is 3. The zero-order valence-corrected chi connectivity index (χ0v) is 13.3. The number of hydrogen-bond acceptors (Lipinski definition) is 3. The van der Waals surface area contributed by atoms with Crippen LogP contribution in [0.15, 0.2) is 70.1 Å². The van der Waals surface area contributed by atoms with Crippen LogP contribution in [-0.4, -0.2) is 18.7 Å². The van der Waals surface area contributed by atoms with Gasteiger partial charge in [0.1, 0.15) is 23.2 Å². The number of rotatable bonds is 4. The van der Waals surface area contributed by atoms with E-state index in [-0.39, 0.29) is 5.84 Å². The summed E-state index contributed by atoms with van der Waals surface area (Å²) in [5.74, 6) is 2.10. The third kappa shape index (κ3) is 3.05. The minimum absolute atomic E-state index is 0.0525. The zero-order valence-electron chi connectivity index (χ0n) is 13.3. The van der Waals surface area contributed by atoms with E-state index in [4.69, 9.17) is 21.3 Å². The van der Waals surface area contributed by atoms with E-state index in [1.807, 2.05) is 60.7 Å². The smallest absolute Gasteiger partial charge is 0.134 e. The van der Waals surface area contributed by atoms with Gasteiger partial charge in [-0.15, -0.1) is 0 Å². The SMILES string of the molecule is CN=C(N)c1ccc(-c2ccc(-c3ccc(C(=N)N)cc3)o2)cc1. The van der Waals surface area contributed by atoms with Crippen LogP contribution in [0.3, 0.4) is 0 Å². The third-order valence-corrected chi connectivity index (χ3v) is 3.79. The van der Waals surface area contributed by atoms with Crippen molar-refractivity contribution in [2.75, 3.05) is 7.05 Å². The van der Waals surface area contributed by atoms with Crippen molar-refractivity contribution in [2.45, 2.75) is 0 Å². The lowest BCUT2D eigenvalue weighted by Gasteiger charge is -2.02. The summed E-state index contributed by atoms with van der Waals surface area (Å²) in [5, 5.41) is 7.43. The van der Waals surface area contributed by atoms with Gasteiger partial charge in [0.05, 0.1) is 0 Å². The molecule has 3 rings (SSSR count). The Hall–Kier alpha value is -3.34. The summed E-state index contributed by atoms with van der Waals surface area (Å²) in [4.78, 5) is 3.97. The highest BCUT2D eigenvalue weighted by molar-refractivity contribution is 5.97. The maximum Gasteiger partial charge on any atom is 0.134 e. The van der Waals surface area contributed by atoms with Crippen LogP contribution in [0.4, 0.5) is 0 Å².